The topological polar surface area (TPSA) is 41.4 Å². The molecule has 0 unspecified atom stereocenters. The number of carbonyl (C=O) groups is 1. The first kappa shape index (κ1) is 17.5. The van der Waals surface area contributed by atoms with Gasteiger partial charge in [0.25, 0.3) is 5.91 Å². The summed E-state index contributed by atoms with van der Waals surface area (Å²) >= 11 is 0. The van der Waals surface area contributed by atoms with Gasteiger partial charge in [0.15, 0.2) is 0 Å². The normalized spacial score (nSPS) is 15.0. The zero-order chi connectivity index (χ0) is 18.5. The van der Waals surface area contributed by atoms with E-state index in [0.717, 1.165) is 50.4 Å². The van der Waals surface area contributed by atoms with Crippen LogP contribution in [-0.4, -0.2) is 58.0 Å². The minimum atomic E-state index is 0.129. The Bertz CT molecular complexity index is 851. The number of hydrogen-bond acceptors (Lipinski definition) is 3. The van der Waals surface area contributed by atoms with Gasteiger partial charge in [-0.15, -0.1) is 0 Å². The summed E-state index contributed by atoms with van der Waals surface area (Å²) in [5.41, 5.74) is 3.07. The minimum absolute atomic E-state index is 0.129. The van der Waals surface area contributed by atoms with Crippen LogP contribution in [0.2, 0.25) is 0 Å². The van der Waals surface area contributed by atoms with E-state index in [-0.39, 0.29) is 5.91 Å². The number of nitrogens with zero attached hydrogens (tertiary/aromatic N) is 4. The van der Waals surface area contributed by atoms with Crippen molar-refractivity contribution in [1.82, 2.24) is 19.4 Å². The van der Waals surface area contributed by atoms with E-state index >= 15 is 0 Å². The zero-order valence-electron chi connectivity index (χ0n) is 15.4. The third-order valence-corrected chi connectivity index (χ3v) is 5.13. The molecule has 0 N–H and O–H groups in total. The lowest BCUT2D eigenvalue weighted by molar-refractivity contribution is 0.0633. The molecule has 138 valence electrons. The molecule has 0 bridgehead atoms. The van der Waals surface area contributed by atoms with Crippen molar-refractivity contribution in [3.8, 4) is 11.1 Å². The average molecular weight is 360 g/mol. The fraction of sp³-hybridized carbons (Fsp3) is 0.273. The van der Waals surface area contributed by atoms with E-state index < -0.39 is 0 Å². The molecule has 1 aliphatic heterocycles. The number of rotatable bonds is 5. The Morgan fingerprint density at radius 3 is 2.22 bits per heavy atom. The third kappa shape index (κ3) is 4.26. The predicted molar refractivity (Wildman–Crippen MR) is 106 cm³/mol. The summed E-state index contributed by atoms with van der Waals surface area (Å²) in [5.74, 6) is 0.129. The van der Waals surface area contributed by atoms with Gasteiger partial charge in [0.2, 0.25) is 0 Å². The minimum Gasteiger partial charge on any atom is -0.336 e. The summed E-state index contributed by atoms with van der Waals surface area (Å²) < 4.78 is 2.09. The summed E-state index contributed by atoms with van der Waals surface area (Å²) in [6.07, 6.45) is 5.64. The van der Waals surface area contributed by atoms with Crippen molar-refractivity contribution in [3.05, 3.63) is 78.9 Å². The van der Waals surface area contributed by atoms with Crippen LogP contribution in [0.5, 0.6) is 0 Å². The lowest BCUT2D eigenvalue weighted by Crippen LogP contribution is -2.49. The van der Waals surface area contributed by atoms with E-state index in [0.29, 0.717) is 0 Å². The maximum atomic E-state index is 12.8. The first-order chi connectivity index (χ1) is 13.3. The van der Waals surface area contributed by atoms with Crippen LogP contribution in [0.4, 0.5) is 0 Å². The van der Waals surface area contributed by atoms with Gasteiger partial charge >= 0.3 is 0 Å². The number of hydrogen-bond donors (Lipinski definition) is 0. The first-order valence-corrected chi connectivity index (χ1v) is 9.42. The van der Waals surface area contributed by atoms with Crippen LogP contribution in [-0.2, 0) is 6.54 Å². The van der Waals surface area contributed by atoms with Crippen molar-refractivity contribution in [2.75, 3.05) is 32.7 Å². The van der Waals surface area contributed by atoms with Gasteiger partial charge in [0, 0.05) is 57.2 Å². The molecule has 0 spiro atoms. The number of benzene rings is 2. The summed E-state index contributed by atoms with van der Waals surface area (Å²) in [6, 6.07) is 18.2. The summed E-state index contributed by atoms with van der Waals surface area (Å²) in [7, 11) is 0. The number of aromatic nitrogens is 2. The smallest absolute Gasteiger partial charge is 0.253 e. The molecule has 0 saturated carbocycles. The van der Waals surface area contributed by atoms with Gasteiger partial charge in [-0.1, -0.05) is 42.5 Å². The van der Waals surface area contributed by atoms with Crippen LogP contribution < -0.4 is 0 Å². The van der Waals surface area contributed by atoms with E-state index in [1.807, 2.05) is 59.9 Å². The second-order valence-electron chi connectivity index (χ2n) is 6.88. The summed E-state index contributed by atoms with van der Waals surface area (Å²) in [4.78, 5) is 21.2. The van der Waals surface area contributed by atoms with Gasteiger partial charge in [0.1, 0.15) is 0 Å². The van der Waals surface area contributed by atoms with Gasteiger partial charge in [-0.2, -0.15) is 0 Å². The summed E-state index contributed by atoms with van der Waals surface area (Å²) in [6.45, 7) is 5.33. The molecule has 1 saturated heterocycles. The van der Waals surface area contributed by atoms with Crippen molar-refractivity contribution < 1.29 is 4.79 Å². The fourth-order valence-corrected chi connectivity index (χ4v) is 3.47. The van der Waals surface area contributed by atoms with E-state index in [9.17, 15) is 4.79 Å². The van der Waals surface area contributed by atoms with Crippen LogP contribution in [0.3, 0.4) is 0 Å². The molecule has 0 atom stereocenters. The number of imidazole rings is 1. The fourth-order valence-electron chi connectivity index (χ4n) is 3.47. The molecule has 2 aromatic carbocycles. The second kappa shape index (κ2) is 8.18. The van der Waals surface area contributed by atoms with E-state index in [1.165, 1.54) is 5.56 Å². The SMILES string of the molecule is O=C(c1ccc(-c2ccccc2)cc1)N1CCN(CCn2ccnc2)CC1. The Kier molecular flexibility index (Phi) is 5.30. The Balaban J connectivity index is 1.31. The lowest BCUT2D eigenvalue weighted by Gasteiger charge is -2.34. The largest absolute Gasteiger partial charge is 0.336 e. The molecule has 0 aliphatic carbocycles. The van der Waals surface area contributed by atoms with Gasteiger partial charge < -0.3 is 9.47 Å². The van der Waals surface area contributed by atoms with E-state index in [4.69, 9.17) is 0 Å². The molecule has 4 rings (SSSR count). The summed E-state index contributed by atoms with van der Waals surface area (Å²) in [5, 5.41) is 0. The molecule has 1 aromatic heterocycles. The van der Waals surface area contributed by atoms with Crippen LogP contribution >= 0.6 is 0 Å². The molecule has 27 heavy (non-hydrogen) atoms. The highest BCUT2D eigenvalue weighted by Crippen LogP contribution is 2.20. The molecule has 1 amide bonds. The van der Waals surface area contributed by atoms with E-state index in [2.05, 4.69) is 26.6 Å². The molecule has 3 aromatic rings. The van der Waals surface area contributed by atoms with Crippen LogP contribution in [0.25, 0.3) is 11.1 Å². The highest BCUT2D eigenvalue weighted by molar-refractivity contribution is 5.94. The maximum Gasteiger partial charge on any atom is 0.253 e. The van der Waals surface area contributed by atoms with Crippen molar-refractivity contribution in [2.24, 2.45) is 0 Å². The molecule has 2 heterocycles. The number of piperazine rings is 1. The van der Waals surface area contributed by atoms with E-state index in [1.54, 1.807) is 6.20 Å². The molecule has 5 heteroatoms. The molecular weight excluding hydrogens is 336 g/mol. The molecule has 5 nitrogen and oxygen atoms in total. The average Bonchev–Trinajstić information content (AvgIpc) is 3.27. The standard InChI is InChI=1S/C22H24N4O/c27-22(21-8-6-20(7-9-21)19-4-2-1-3-5-19)26-16-14-24(15-17-26)12-13-25-11-10-23-18-25/h1-11,18H,12-17H2. The van der Waals surface area contributed by atoms with Gasteiger partial charge in [-0.25, -0.2) is 4.98 Å². The van der Waals surface area contributed by atoms with Crippen molar-refractivity contribution in [2.45, 2.75) is 6.54 Å². The monoisotopic (exact) mass is 360 g/mol. The van der Waals surface area contributed by atoms with Crippen molar-refractivity contribution >= 4 is 5.91 Å². The molecular formula is C22H24N4O. The van der Waals surface area contributed by atoms with Gasteiger partial charge in [-0.3, -0.25) is 9.69 Å². The number of amides is 1. The quantitative estimate of drug-likeness (QED) is 0.702. The van der Waals surface area contributed by atoms with Gasteiger partial charge in [0.05, 0.1) is 6.33 Å². The lowest BCUT2D eigenvalue weighted by atomic mass is 10.0. The third-order valence-electron chi connectivity index (χ3n) is 5.13. The molecule has 0 radical (unpaired) electrons. The Morgan fingerprint density at radius 1 is 0.852 bits per heavy atom. The number of carbonyl (C=O) groups excluding carboxylic acids is 1. The Labute approximate surface area is 159 Å². The first-order valence-electron chi connectivity index (χ1n) is 9.42. The van der Waals surface area contributed by atoms with Crippen molar-refractivity contribution in [1.29, 1.82) is 0 Å². The maximum absolute atomic E-state index is 12.8. The highest BCUT2D eigenvalue weighted by atomic mass is 16.2. The predicted octanol–water partition coefficient (Wildman–Crippen LogP) is 3.01. The highest BCUT2D eigenvalue weighted by Gasteiger charge is 2.21. The van der Waals surface area contributed by atoms with Crippen molar-refractivity contribution in [3.63, 3.8) is 0 Å². The molecule has 1 fully saturated rings. The zero-order valence-corrected chi connectivity index (χ0v) is 15.4. The van der Waals surface area contributed by atoms with Gasteiger partial charge in [-0.05, 0) is 23.3 Å². The van der Waals surface area contributed by atoms with Crippen LogP contribution in [0.1, 0.15) is 10.4 Å². The van der Waals surface area contributed by atoms with Crippen LogP contribution in [0, 0.1) is 0 Å². The molecule has 1 aliphatic rings. The Morgan fingerprint density at radius 2 is 1.56 bits per heavy atom. The Hall–Kier alpha value is -2.92. The second-order valence-corrected chi connectivity index (χ2v) is 6.88. The van der Waals surface area contributed by atoms with Crippen LogP contribution in [0.15, 0.2) is 73.3 Å².